The van der Waals surface area contributed by atoms with Crippen LogP contribution in [0.3, 0.4) is 0 Å². The lowest BCUT2D eigenvalue weighted by Crippen LogP contribution is -1.99. The van der Waals surface area contributed by atoms with Gasteiger partial charge >= 0.3 is 0 Å². The zero-order valence-electron chi connectivity index (χ0n) is 10.7. The van der Waals surface area contributed by atoms with Gasteiger partial charge in [0, 0.05) is 17.4 Å². The van der Waals surface area contributed by atoms with Crippen molar-refractivity contribution < 1.29 is 9.26 Å². The minimum atomic E-state index is 0.312. The second kappa shape index (κ2) is 4.72. The molecule has 0 amide bonds. The lowest BCUT2D eigenvalue weighted by molar-refractivity contribution is 0.192. The first-order chi connectivity index (χ1) is 9.40. The van der Waals surface area contributed by atoms with Gasteiger partial charge in [0.1, 0.15) is 0 Å². The van der Waals surface area contributed by atoms with E-state index < -0.39 is 0 Å². The van der Waals surface area contributed by atoms with Crippen molar-refractivity contribution in [2.24, 2.45) is 0 Å². The van der Waals surface area contributed by atoms with Gasteiger partial charge in [-0.2, -0.15) is 4.98 Å². The Kier molecular flexibility index (Phi) is 2.89. The monoisotopic (exact) mass is 276 g/mol. The smallest absolute Gasteiger partial charge is 0.268 e. The number of nitrogens with zero attached hydrogens (tertiary/aromatic N) is 2. The van der Waals surface area contributed by atoms with Crippen LogP contribution in [0.15, 0.2) is 10.6 Å². The van der Waals surface area contributed by atoms with Crippen LogP contribution in [0.4, 0.5) is 0 Å². The van der Waals surface area contributed by atoms with Crippen LogP contribution in [-0.4, -0.2) is 23.4 Å². The van der Waals surface area contributed by atoms with Gasteiger partial charge in [0.15, 0.2) is 5.82 Å². The van der Waals surface area contributed by atoms with Crippen LogP contribution in [0, 0.1) is 0 Å². The molecule has 100 valence electrons. The summed E-state index contributed by atoms with van der Waals surface area (Å²) in [5, 5.41) is 4.12. The molecule has 2 aliphatic rings. The second-order valence-corrected chi connectivity index (χ2v) is 6.42. The molecule has 5 heteroatoms. The lowest BCUT2D eigenvalue weighted by atomic mass is 9.99. The van der Waals surface area contributed by atoms with Crippen LogP contribution in [0.2, 0.25) is 0 Å². The quantitative estimate of drug-likeness (QED) is 0.845. The van der Waals surface area contributed by atoms with Crippen molar-refractivity contribution in [2.45, 2.75) is 38.0 Å². The maximum Gasteiger partial charge on any atom is 0.268 e. The van der Waals surface area contributed by atoms with Crippen LogP contribution < -0.4 is 0 Å². The average Bonchev–Trinajstić information content (AvgIpc) is 3.17. The molecule has 0 saturated carbocycles. The molecular formula is C14H16N2O2S. The third-order valence-electron chi connectivity index (χ3n) is 3.94. The molecule has 0 aromatic carbocycles. The van der Waals surface area contributed by atoms with E-state index in [0.29, 0.717) is 11.8 Å². The summed E-state index contributed by atoms with van der Waals surface area (Å²) in [6.07, 6.45) is 6.01. The molecule has 2 aromatic rings. The number of fused-ring (bicyclic) bond motifs is 1. The summed E-state index contributed by atoms with van der Waals surface area (Å²) in [6, 6.07) is 2.24. The maximum absolute atomic E-state index is 5.43. The number of thiophene rings is 1. The minimum absolute atomic E-state index is 0.312. The molecule has 4 nitrogen and oxygen atoms in total. The van der Waals surface area contributed by atoms with Crippen LogP contribution in [0.25, 0.3) is 10.8 Å². The summed E-state index contributed by atoms with van der Waals surface area (Å²) in [5.41, 5.74) is 1.48. The molecule has 1 unspecified atom stereocenters. The Balaban J connectivity index is 1.63. The van der Waals surface area contributed by atoms with Gasteiger partial charge in [-0.05, 0) is 43.7 Å². The van der Waals surface area contributed by atoms with Gasteiger partial charge in [0.25, 0.3) is 5.89 Å². The largest absolute Gasteiger partial charge is 0.381 e. The van der Waals surface area contributed by atoms with Crippen molar-refractivity contribution in [2.75, 3.05) is 13.2 Å². The molecule has 0 N–H and O–H groups in total. The van der Waals surface area contributed by atoms with Gasteiger partial charge in [-0.15, -0.1) is 11.3 Å². The maximum atomic E-state index is 5.43. The fourth-order valence-corrected chi connectivity index (χ4v) is 4.01. The van der Waals surface area contributed by atoms with Crippen LogP contribution >= 0.6 is 11.3 Å². The first kappa shape index (κ1) is 11.6. The Hall–Kier alpha value is -1.20. The SMILES string of the molecule is c1c(-c2nc(C3CCOC3)no2)sc2c1CCCC2. The Bertz CT molecular complexity index is 561. The van der Waals surface area contributed by atoms with Gasteiger partial charge < -0.3 is 9.26 Å². The zero-order valence-corrected chi connectivity index (χ0v) is 11.5. The lowest BCUT2D eigenvalue weighted by Gasteiger charge is -2.08. The summed E-state index contributed by atoms with van der Waals surface area (Å²) in [6.45, 7) is 1.53. The van der Waals surface area contributed by atoms with E-state index in [1.807, 2.05) is 11.3 Å². The first-order valence-corrected chi connectivity index (χ1v) is 7.75. The average molecular weight is 276 g/mol. The van der Waals surface area contributed by atoms with Crippen LogP contribution in [0.1, 0.15) is 41.4 Å². The van der Waals surface area contributed by atoms with Crippen molar-refractivity contribution in [1.82, 2.24) is 10.1 Å². The summed E-state index contributed by atoms with van der Waals surface area (Å²) < 4.78 is 10.8. The van der Waals surface area contributed by atoms with E-state index in [4.69, 9.17) is 9.26 Å². The first-order valence-electron chi connectivity index (χ1n) is 6.93. The molecule has 0 bridgehead atoms. The highest BCUT2D eigenvalue weighted by molar-refractivity contribution is 7.15. The zero-order chi connectivity index (χ0) is 12.7. The molecule has 19 heavy (non-hydrogen) atoms. The molecule has 0 spiro atoms. The molecule has 1 atom stereocenters. The van der Waals surface area contributed by atoms with Gasteiger partial charge in [0.2, 0.25) is 0 Å². The number of rotatable bonds is 2. The number of hydrogen-bond donors (Lipinski definition) is 0. The van der Waals surface area contributed by atoms with Crippen molar-refractivity contribution in [3.05, 3.63) is 22.3 Å². The highest BCUT2D eigenvalue weighted by atomic mass is 32.1. The van der Waals surface area contributed by atoms with Gasteiger partial charge in [-0.3, -0.25) is 0 Å². The van der Waals surface area contributed by atoms with E-state index in [1.165, 1.54) is 36.1 Å². The molecule has 3 heterocycles. The summed E-state index contributed by atoms with van der Waals surface area (Å²) in [4.78, 5) is 7.19. The summed E-state index contributed by atoms with van der Waals surface area (Å²) >= 11 is 1.82. The Morgan fingerprint density at radius 3 is 3.05 bits per heavy atom. The standard InChI is InChI=1S/C14H16N2O2S/c1-2-4-11-9(3-1)7-12(19-11)14-15-13(16-18-14)10-5-6-17-8-10/h7,10H,1-6,8H2. The molecule has 1 aliphatic carbocycles. The van der Waals surface area contributed by atoms with Crippen LogP contribution in [0.5, 0.6) is 0 Å². The number of aryl methyl sites for hydroxylation is 2. The Labute approximate surface area is 115 Å². The molecule has 1 saturated heterocycles. The normalized spacial score (nSPS) is 22.6. The fraction of sp³-hybridized carbons (Fsp3) is 0.571. The number of hydrogen-bond acceptors (Lipinski definition) is 5. The molecule has 0 radical (unpaired) electrons. The van der Waals surface area contributed by atoms with E-state index in [1.54, 1.807) is 0 Å². The number of aromatic nitrogens is 2. The van der Waals surface area contributed by atoms with Crippen molar-refractivity contribution in [3.8, 4) is 10.8 Å². The van der Waals surface area contributed by atoms with E-state index in [0.717, 1.165) is 30.3 Å². The van der Waals surface area contributed by atoms with Gasteiger partial charge in [-0.1, -0.05) is 5.16 Å². The highest BCUT2D eigenvalue weighted by Crippen LogP contribution is 2.35. The van der Waals surface area contributed by atoms with Crippen molar-refractivity contribution in [3.63, 3.8) is 0 Å². The minimum Gasteiger partial charge on any atom is -0.381 e. The third kappa shape index (κ3) is 2.11. The third-order valence-corrected chi connectivity index (χ3v) is 5.17. The Morgan fingerprint density at radius 2 is 2.21 bits per heavy atom. The van der Waals surface area contributed by atoms with Crippen molar-refractivity contribution in [1.29, 1.82) is 0 Å². The molecule has 4 rings (SSSR count). The molecule has 1 fully saturated rings. The fourth-order valence-electron chi connectivity index (χ4n) is 2.83. The van der Waals surface area contributed by atoms with Crippen molar-refractivity contribution >= 4 is 11.3 Å². The number of ether oxygens (including phenoxy) is 1. The molecule has 2 aromatic heterocycles. The topological polar surface area (TPSA) is 48.2 Å². The molecule has 1 aliphatic heterocycles. The van der Waals surface area contributed by atoms with E-state index >= 15 is 0 Å². The van der Waals surface area contributed by atoms with Gasteiger partial charge in [-0.25, -0.2) is 0 Å². The highest BCUT2D eigenvalue weighted by Gasteiger charge is 2.24. The van der Waals surface area contributed by atoms with E-state index in [2.05, 4.69) is 16.2 Å². The predicted molar refractivity (Wildman–Crippen MR) is 72.4 cm³/mol. The molecular weight excluding hydrogens is 260 g/mol. The second-order valence-electron chi connectivity index (χ2n) is 5.28. The van der Waals surface area contributed by atoms with Crippen LogP contribution in [-0.2, 0) is 17.6 Å². The van der Waals surface area contributed by atoms with Gasteiger partial charge in [0.05, 0.1) is 11.5 Å². The van der Waals surface area contributed by atoms with E-state index in [9.17, 15) is 0 Å². The predicted octanol–water partition coefficient (Wildman–Crippen LogP) is 3.18. The summed E-state index contributed by atoms with van der Waals surface area (Å²) in [5.74, 6) is 1.80. The summed E-state index contributed by atoms with van der Waals surface area (Å²) in [7, 11) is 0. The Morgan fingerprint density at radius 1 is 1.26 bits per heavy atom. The van der Waals surface area contributed by atoms with E-state index in [-0.39, 0.29) is 0 Å².